The van der Waals surface area contributed by atoms with Crippen molar-refractivity contribution >= 4 is 43.7 Å². The van der Waals surface area contributed by atoms with Crippen LogP contribution >= 0.6 is 11.6 Å². The largest absolute Gasteiger partial charge is 0.355 e. The van der Waals surface area contributed by atoms with Gasteiger partial charge in [-0.15, -0.1) is 0 Å². The van der Waals surface area contributed by atoms with Gasteiger partial charge in [0.1, 0.15) is 0 Å². The molecule has 6 heteroatoms. The molecule has 0 saturated carbocycles. The van der Waals surface area contributed by atoms with Gasteiger partial charge in [0.25, 0.3) is 0 Å². The van der Waals surface area contributed by atoms with Crippen LogP contribution in [0.2, 0.25) is 5.02 Å². The lowest BCUT2D eigenvalue weighted by molar-refractivity contribution is 0.602. The molecular formula is C16H13ClN2O2S. The van der Waals surface area contributed by atoms with Crippen molar-refractivity contribution in [2.45, 2.75) is 4.90 Å². The molecule has 0 spiro atoms. The van der Waals surface area contributed by atoms with Crippen LogP contribution in [-0.2, 0) is 9.84 Å². The second kappa shape index (κ2) is 5.59. The van der Waals surface area contributed by atoms with Gasteiger partial charge in [0.05, 0.1) is 10.4 Å². The lowest BCUT2D eigenvalue weighted by atomic mass is 10.2. The third-order valence-electron chi connectivity index (χ3n) is 3.26. The molecule has 0 fully saturated rings. The summed E-state index contributed by atoms with van der Waals surface area (Å²) in [5, 5.41) is 4.67. The molecule has 112 valence electrons. The topological polar surface area (TPSA) is 59.1 Å². The molecule has 3 rings (SSSR count). The summed E-state index contributed by atoms with van der Waals surface area (Å²) in [6.45, 7) is 0. The molecule has 0 bridgehead atoms. The quantitative estimate of drug-likeness (QED) is 0.786. The van der Waals surface area contributed by atoms with Crippen molar-refractivity contribution in [3.8, 4) is 0 Å². The van der Waals surface area contributed by atoms with Crippen LogP contribution in [0.4, 0.5) is 11.4 Å². The smallest absolute Gasteiger partial charge is 0.175 e. The van der Waals surface area contributed by atoms with Crippen LogP contribution in [0.15, 0.2) is 59.6 Å². The van der Waals surface area contributed by atoms with Gasteiger partial charge in [-0.2, -0.15) is 0 Å². The molecule has 22 heavy (non-hydrogen) atoms. The Kier molecular flexibility index (Phi) is 3.76. The van der Waals surface area contributed by atoms with E-state index in [1.165, 1.54) is 6.26 Å². The maximum atomic E-state index is 11.7. The lowest BCUT2D eigenvalue weighted by Gasteiger charge is -2.10. The van der Waals surface area contributed by atoms with Crippen LogP contribution < -0.4 is 5.32 Å². The predicted molar refractivity (Wildman–Crippen MR) is 89.6 cm³/mol. The Morgan fingerprint density at radius 2 is 1.77 bits per heavy atom. The normalized spacial score (nSPS) is 11.5. The zero-order valence-corrected chi connectivity index (χ0v) is 13.3. The van der Waals surface area contributed by atoms with Gasteiger partial charge in [0.15, 0.2) is 9.84 Å². The third-order valence-corrected chi connectivity index (χ3v) is 4.63. The highest BCUT2D eigenvalue weighted by atomic mass is 35.5. The van der Waals surface area contributed by atoms with Gasteiger partial charge in [-0.25, -0.2) is 8.42 Å². The van der Waals surface area contributed by atoms with Crippen molar-refractivity contribution in [1.82, 2.24) is 4.98 Å². The molecular weight excluding hydrogens is 320 g/mol. The highest BCUT2D eigenvalue weighted by molar-refractivity contribution is 7.90. The molecule has 0 radical (unpaired) electrons. The molecule has 3 aromatic rings. The standard InChI is InChI=1S/C16H13ClN2O2S/c1-22(20,21)13-6-7-15-14(10-13)16(8-9-18-15)19-12-4-2-11(17)3-5-12/h2-10H,1H3,(H,18,19). The minimum absolute atomic E-state index is 0.271. The van der Waals surface area contributed by atoms with Crippen molar-refractivity contribution in [2.75, 3.05) is 11.6 Å². The molecule has 4 nitrogen and oxygen atoms in total. The van der Waals surface area contributed by atoms with Gasteiger partial charge >= 0.3 is 0 Å². The number of aromatic nitrogens is 1. The summed E-state index contributed by atoms with van der Waals surface area (Å²) in [4.78, 5) is 4.54. The summed E-state index contributed by atoms with van der Waals surface area (Å²) in [7, 11) is -3.26. The lowest BCUT2D eigenvalue weighted by Crippen LogP contribution is -1.98. The first-order chi connectivity index (χ1) is 10.4. The maximum Gasteiger partial charge on any atom is 0.175 e. The molecule has 0 aliphatic heterocycles. The number of hydrogen-bond donors (Lipinski definition) is 1. The highest BCUT2D eigenvalue weighted by Gasteiger charge is 2.10. The van der Waals surface area contributed by atoms with Gasteiger partial charge in [-0.1, -0.05) is 11.6 Å². The first kappa shape index (κ1) is 14.8. The van der Waals surface area contributed by atoms with Crippen LogP contribution in [-0.4, -0.2) is 19.7 Å². The van der Waals surface area contributed by atoms with Crippen molar-refractivity contribution in [3.05, 3.63) is 59.8 Å². The van der Waals surface area contributed by atoms with Crippen molar-refractivity contribution in [1.29, 1.82) is 0 Å². The summed E-state index contributed by atoms with van der Waals surface area (Å²) < 4.78 is 23.5. The van der Waals surface area contributed by atoms with Gasteiger partial charge in [0.2, 0.25) is 0 Å². The summed E-state index contributed by atoms with van der Waals surface area (Å²) in [6.07, 6.45) is 2.87. The van der Waals surface area contributed by atoms with E-state index >= 15 is 0 Å². The number of pyridine rings is 1. The number of nitrogens with zero attached hydrogens (tertiary/aromatic N) is 1. The Balaban J connectivity index is 2.10. The SMILES string of the molecule is CS(=O)(=O)c1ccc2nccc(Nc3ccc(Cl)cc3)c2c1. The molecule has 1 heterocycles. The maximum absolute atomic E-state index is 11.7. The average molecular weight is 333 g/mol. The van der Waals surface area contributed by atoms with E-state index in [0.29, 0.717) is 5.02 Å². The number of sulfone groups is 1. The molecule has 1 N–H and O–H groups in total. The second-order valence-corrected chi connectivity index (χ2v) is 7.39. The zero-order valence-electron chi connectivity index (χ0n) is 11.7. The van der Waals surface area contributed by atoms with Crippen molar-refractivity contribution in [2.24, 2.45) is 0 Å². The van der Waals surface area contributed by atoms with E-state index in [4.69, 9.17) is 11.6 Å². The Morgan fingerprint density at radius 1 is 1.05 bits per heavy atom. The number of benzene rings is 2. The molecule has 0 saturated heterocycles. The fourth-order valence-corrected chi connectivity index (χ4v) is 2.93. The Morgan fingerprint density at radius 3 is 2.45 bits per heavy atom. The Bertz CT molecular complexity index is 938. The van der Waals surface area contributed by atoms with Crippen LogP contribution in [0.1, 0.15) is 0 Å². The molecule has 0 aliphatic rings. The highest BCUT2D eigenvalue weighted by Crippen LogP contribution is 2.27. The Hall–Kier alpha value is -2.11. The van der Waals surface area contributed by atoms with E-state index in [-0.39, 0.29) is 4.90 Å². The molecule has 0 aliphatic carbocycles. The first-order valence-corrected chi connectivity index (χ1v) is 8.82. The number of anilines is 2. The minimum atomic E-state index is -3.26. The summed E-state index contributed by atoms with van der Waals surface area (Å²) in [5.41, 5.74) is 2.38. The van der Waals surface area contributed by atoms with Gasteiger partial charge < -0.3 is 5.32 Å². The average Bonchev–Trinajstić information content (AvgIpc) is 2.48. The fraction of sp³-hybridized carbons (Fsp3) is 0.0625. The summed E-state index contributed by atoms with van der Waals surface area (Å²) in [5.74, 6) is 0. The fourth-order valence-electron chi connectivity index (χ4n) is 2.15. The number of nitrogens with one attached hydrogen (secondary N) is 1. The van der Waals surface area contributed by atoms with E-state index in [1.54, 1.807) is 36.5 Å². The van der Waals surface area contributed by atoms with Gasteiger partial charge in [0, 0.05) is 34.2 Å². The van der Waals surface area contributed by atoms with E-state index < -0.39 is 9.84 Å². The number of rotatable bonds is 3. The second-order valence-electron chi connectivity index (χ2n) is 4.94. The summed E-state index contributed by atoms with van der Waals surface area (Å²) >= 11 is 5.88. The number of fused-ring (bicyclic) bond motifs is 1. The van der Waals surface area contributed by atoms with Crippen molar-refractivity contribution < 1.29 is 8.42 Å². The van der Waals surface area contributed by atoms with E-state index in [1.807, 2.05) is 18.2 Å². The van der Waals surface area contributed by atoms with Crippen LogP contribution in [0.5, 0.6) is 0 Å². The first-order valence-electron chi connectivity index (χ1n) is 6.55. The van der Waals surface area contributed by atoms with E-state index in [9.17, 15) is 8.42 Å². The van der Waals surface area contributed by atoms with E-state index in [0.717, 1.165) is 22.3 Å². The molecule has 0 amide bonds. The minimum Gasteiger partial charge on any atom is -0.355 e. The Labute approximate surface area is 133 Å². The zero-order chi connectivity index (χ0) is 15.7. The van der Waals surface area contributed by atoms with Crippen LogP contribution in [0.3, 0.4) is 0 Å². The number of hydrogen-bond acceptors (Lipinski definition) is 4. The predicted octanol–water partition coefficient (Wildman–Crippen LogP) is 4.04. The summed E-state index contributed by atoms with van der Waals surface area (Å²) in [6, 6.07) is 14.0. The molecule has 0 atom stereocenters. The van der Waals surface area contributed by atoms with Crippen LogP contribution in [0, 0.1) is 0 Å². The molecule has 1 aromatic heterocycles. The number of halogens is 1. The van der Waals surface area contributed by atoms with E-state index in [2.05, 4.69) is 10.3 Å². The monoisotopic (exact) mass is 332 g/mol. The molecule has 2 aromatic carbocycles. The van der Waals surface area contributed by atoms with Crippen LogP contribution in [0.25, 0.3) is 10.9 Å². The van der Waals surface area contributed by atoms with Gasteiger partial charge in [-0.05, 0) is 48.5 Å². The third kappa shape index (κ3) is 3.05. The van der Waals surface area contributed by atoms with Crippen molar-refractivity contribution in [3.63, 3.8) is 0 Å². The molecule has 0 unspecified atom stereocenters. The van der Waals surface area contributed by atoms with Gasteiger partial charge in [-0.3, -0.25) is 4.98 Å².